The maximum atomic E-state index is 5.44. The van der Waals surface area contributed by atoms with Crippen LogP contribution in [-0.4, -0.2) is 14.8 Å². The first kappa shape index (κ1) is 17.8. The van der Waals surface area contributed by atoms with Gasteiger partial charge in [-0.15, -0.1) is 16.4 Å². The van der Waals surface area contributed by atoms with Gasteiger partial charge in [0.05, 0.1) is 16.4 Å². The van der Waals surface area contributed by atoms with Crippen LogP contribution in [0, 0.1) is 9.87 Å². The Kier molecular flexibility index (Phi) is 6.21. The molecule has 0 unspecified atom stereocenters. The molecule has 0 N–H and O–H groups in total. The summed E-state index contributed by atoms with van der Waals surface area (Å²) in [5.41, 5.74) is 2.14. The normalized spacial score (nSPS) is 11.3. The summed E-state index contributed by atoms with van der Waals surface area (Å²) in [6.45, 7) is 4.50. The molecule has 0 aliphatic carbocycles. The topological polar surface area (TPSA) is 30.7 Å². The number of aromatic nitrogens is 3. The summed E-state index contributed by atoms with van der Waals surface area (Å²) in [4.78, 5) is 4.73. The van der Waals surface area contributed by atoms with E-state index in [2.05, 4.69) is 24.3 Å². The summed E-state index contributed by atoms with van der Waals surface area (Å²) in [6, 6.07) is 10.0. The van der Waals surface area contributed by atoms with Gasteiger partial charge in [-0.25, -0.2) is 9.67 Å². The van der Waals surface area contributed by atoms with Gasteiger partial charge in [0.1, 0.15) is 0 Å². The van der Waals surface area contributed by atoms with Crippen molar-refractivity contribution >= 4 is 46.7 Å². The molecule has 24 heavy (non-hydrogen) atoms. The van der Waals surface area contributed by atoms with Crippen molar-refractivity contribution in [1.29, 1.82) is 0 Å². The minimum Gasteiger partial charge on any atom is -0.245 e. The fraction of sp³-hybridized carbons (Fsp3) is 0.353. The Morgan fingerprint density at radius 1 is 1.25 bits per heavy atom. The molecule has 0 spiro atoms. The quantitative estimate of drug-likeness (QED) is 0.364. The summed E-state index contributed by atoms with van der Waals surface area (Å²) in [5, 5.41) is 8.03. The van der Waals surface area contributed by atoms with Gasteiger partial charge in [0.25, 0.3) is 0 Å². The number of para-hydroxylation sites is 1. The van der Waals surface area contributed by atoms with E-state index in [9.17, 15) is 0 Å². The zero-order valence-electron chi connectivity index (χ0n) is 13.6. The monoisotopic (exact) mass is 393 g/mol. The molecule has 0 aliphatic rings. The van der Waals surface area contributed by atoms with Crippen molar-refractivity contribution in [2.75, 3.05) is 0 Å². The Morgan fingerprint density at radius 3 is 2.79 bits per heavy atom. The second kappa shape index (κ2) is 8.38. The van der Waals surface area contributed by atoms with E-state index in [1.165, 1.54) is 11.4 Å². The van der Waals surface area contributed by atoms with Gasteiger partial charge >= 0.3 is 0 Å². The molecule has 3 nitrogen and oxygen atoms in total. The standard InChI is InChI=1S/C17H19N3S4/c1-12(2)8-9-15-18-13(10-22-15)11-23-16-19-20(17(21)24-16)14-6-4-3-5-7-14/h3-7,10,12H,8-9,11H2,1-2H3. The van der Waals surface area contributed by atoms with Crippen LogP contribution in [0.15, 0.2) is 40.1 Å². The van der Waals surface area contributed by atoms with E-state index in [0.29, 0.717) is 0 Å². The number of hydrogen-bond acceptors (Lipinski definition) is 6. The molecule has 7 heteroatoms. The highest BCUT2D eigenvalue weighted by Gasteiger charge is 2.09. The van der Waals surface area contributed by atoms with Crippen molar-refractivity contribution < 1.29 is 0 Å². The highest BCUT2D eigenvalue weighted by atomic mass is 32.2. The molecule has 2 heterocycles. The van der Waals surface area contributed by atoms with Gasteiger partial charge in [-0.1, -0.05) is 55.1 Å². The van der Waals surface area contributed by atoms with E-state index in [4.69, 9.17) is 17.2 Å². The van der Waals surface area contributed by atoms with Gasteiger partial charge in [-0.2, -0.15) is 0 Å². The van der Waals surface area contributed by atoms with Gasteiger partial charge in [0.15, 0.2) is 8.29 Å². The van der Waals surface area contributed by atoms with Crippen LogP contribution in [0.25, 0.3) is 5.69 Å². The molecule has 3 rings (SSSR count). The van der Waals surface area contributed by atoms with Gasteiger partial charge in [-0.3, -0.25) is 0 Å². The predicted octanol–water partition coefficient (Wildman–Crippen LogP) is 6.00. The molecule has 3 aromatic rings. The first-order chi connectivity index (χ1) is 11.6. The lowest BCUT2D eigenvalue weighted by Gasteiger charge is -2.00. The minimum atomic E-state index is 0.723. The smallest absolute Gasteiger partial charge is 0.184 e. The van der Waals surface area contributed by atoms with Gasteiger partial charge < -0.3 is 0 Å². The number of nitrogens with zero attached hydrogens (tertiary/aromatic N) is 3. The predicted molar refractivity (Wildman–Crippen MR) is 107 cm³/mol. The lowest BCUT2D eigenvalue weighted by molar-refractivity contribution is 0.585. The van der Waals surface area contributed by atoms with Crippen molar-refractivity contribution in [2.45, 2.75) is 36.8 Å². The Balaban J connectivity index is 1.62. The molecule has 0 fully saturated rings. The Hall–Kier alpha value is -1.02. The molecular weight excluding hydrogens is 374 g/mol. The second-order valence-electron chi connectivity index (χ2n) is 5.84. The maximum absolute atomic E-state index is 5.44. The maximum Gasteiger partial charge on any atom is 0.184 e. The zero-order valence-corrected chi connectivity index (χ0v) is 16.9. The lowest BCUT2D eigenvalue weighted by atomic mass is 10.1. The van der Waals surface area contributed by atoms with E-state index in [1.54, 1.807) is 34.4 Å². The van der Waals surface area contributed by atoms with Crippen LogP contribution < -0.4 is 0 Å². The van der Waals surface area contributed by atoms with Crippen LogP contribution in [-0.2, 0) is 12.2 Å². The molecule has 1 aromatic carbocycles. The van der Waals surface area contributed by atoms with Crippen LogP contribution in [0.5, 0.6) is 0 Å². The van der Waals surface area contributed by atoms with E-state index < -0.39 is 0 Å². The van der Waals surface area contributed by atoms with Crippen LogP contribution in [0.1, 0.15) is 31.0 Å². The van der Waals surface area contributed by atoms with Crippen molar-refractivity contribution in [2.24, 2.45) is 5.92 Å². The van der Waals surface area contributed by atoms with E-state index in [0.717, 1.165) is 37.8 Å². The molecule has 0 bridgehead atoms. The van der Waals surface area contributed by atoms with Crippen molar-refractivity contribution in [3.63, 3.8) is 0 Å². The molecule has 0 amide bonds. The minimum absolute atomic E-state index is 0.723. The molecule has 2 aromatic heterocycles. The van der Waals surface area contributed by atoms with Crippen molar-refractivity contribution in [3.8, 4) is 5.69 Å². The number of benzene rings is 1. The fourth-order valence-corrected chi connectivity index (χ4v) is 5.30. The van der Waals surface area contributed by atoms with Crippen LogP contribution in [0.2, 0.25) is 0 Å². The van der Waals surface area contributed by atoms with Crippen molar-refractivity contribution in [3.05, 3.63) is 50.4 Å². The number of rotatable bonds is 7. The highest BCUT2D eigenvalue weighted by molar-refractivity contribution is 8.00. The SMILES string of the molecule is CC(C)CCc1nc(CSc2nn(-c3ccccc3)c(=S)s2)cs1. The number of aryl methyl sites for hydroxylation is 1. The van der Waals surface area contributed by atoms with E-state index in [-0.39, 0.29) is 0 Å². The molecular formula is C17H19N3S4. The second-order valence-corrected chi connectivity index (χ2v) is 9.62. The molecule has 0 saturated carbocycles. The zero-order chi connectivity index (χ0) is 16.9. The first-order valence-corrected chi connectivity index (χ1v) is 10.9. The number of thiazole rings is 1. The summed E-state index contributed by atoms with van der Waals surface area (Å²) >= 11 is 10.5. The first-order valence-electron chi connectivity index (χ1n) is 7.83. The lowest BCUT2D eigenvalue weighted by Crippen LogP contribution is -1.95. The third-order valence-electron chi connectivity index (χ3n) is 3.41. The average Bonchev–Trinajstić information content (AvgIpc) is 3.18. The fourth-order valence-electron chi connectivity index (χ4n) is 2.13. The summed E-state index contributed by atoms with van der Waals surface area (Å²) in [7, 11) is 0. The molecule has 0 aliphatic heterocycles. The molecule has 126 valence electrons. The van der Waals surface area contributed by atoms with E-state index in [1.807, 2.05) is 35.0 Å². The van der Waals surface area contributed by atoms with Gasteiger partial charge in [-0.05, 0) is 43.1 Å². The van der Waals surface area contributed by atoms with Crippen LogP contribution in [0.3, 0.4) is 0 Å². The van der Waals surface area contributed by atoms with Gasteiger partial charge in [0.2, 0.25) is 0 Å². The largest absolute Gasteiger partial charge is 0.245 e. The average molecular weight is 394 g/mol. The molecule has 0 atom stereocenters. The Labute approximate surface area is 159 Å². The number of hydrogen-bond donors (Lipinski definition) is 0. The van der Waals surface area contributed by atoms with Crippen LogP contribution in [0.4, 0.5) is 0 Å². The number of thioether (sulfide) groups is 1. The molecule has 0 saturated heterocycles. The van der Waals surface area contributed by atoms with Gasteiger partial charge in [0, 0.05) is 11.1 Å². The summed E-state index contributed by atoms with van der Waals surface area (Å²) in [6.07, 6.45) is 2.28. The third-order valence-corrected chi connectivity index (χ3v) is 6.76. The Morgan fingerprint density at radius 2 is 2.04 bits per heavy atom. The summed E-state index contributed by atoms with van der Waals surface area (Å²) in [5.74, 6) is 1.57. The third kappa shape index (κ3) is 4.75. The van der Waals surface area contributed by atoms with Crippen molar-refractivity contribution in [1.82, 2.24) is 14.8 Å². The summed E-state index contributed by atoms with van der Waals surface area (Å²) < 4.78 is 3.59. The molecule has 0 radical (unpaired) electrons. The van der Waals surface area contributed by atoms with E-state index >= 15 is 0 Å². The highest BCUT2D eigenvalue weighted by Crippen LogP contribution is 2.28. The van der Waals surface area contributed by atoms with Crippen LogP contribution >= 0.6 is 46.7 Å². The Bertz CT molecular complexity index is 833.